The number of carbonyl (C=O) groups excluding carboxylic acids is 1. The molecule has 0 bridgehead atoms. The van der Waals surface area contributed by atoms with Gasteiger partial charge in [-0.3, -0.25) is 4.79 Å². The Kier molecular flexibility index (Phi) is 6.20. The van der Waals surface area contributed by atoms with E-state index in [0.717, 1.165) is 46.9 Å². The number of amides is 1. The fourth-order valence-corrected chi connectivity index (χ4v) is 4.62. The van der Waals surface area contributed by atoms with E-state index in [0.29, 0.717) is 17.9 Å². The normalized spacial score (nSPS) is 19.6. The fourth-order valence-electron chi connectivity index (χ4n) is 4.29. The van der Waals surface area contributed by atoms with Crippen molar-refractivity contribution in [3.05, 3.63) is 63.5 Å². The Morgan fingerprint density at radius 2 is 1.97 bits per heavy atom. The molecule has 7 heteroatoms. The number of aliphatic hydroxyl groups excluding tert-OH is 1. The van der Waals surface area contributed by atoms with Crippen molar-refractivity contribution in [3.8, 4) is 0 Å². The van der Waals surface area contributed by atoms with Crippen LogP contribution >= 0.6 is 15.9 Å². The van der Waals surface area contributed by atoms with Crippen molar-refractivity contribution in [1.82, 2.24) is 10.3 Å². The summed E-state index contributed by atoms with van der Waals surface area (Å²) in [5.74, 6) is 0.0482. The van der Waals surface area contributed by atoms with Gasteiger partial charge in [0.25, 0.3) is 5.91 Å². The van der Waals surface area contributed by atoms with E-state index in [9.17, 15) is 14.3 Å². The Bertz CT molecular complexity index is 971. The van der Waals surface area contributed by atoms with E-state index in [1.807, 2.05) is 13.0 Å². The van der Waals surface area contributed by atoms with Gasteiger partial charge in [-0.05, 0) is 65.0 Å². The van der Waals surface area contributed by atoms with Gasteiger partial charge in [0.1, 0.15) is 11.6 Å². The molecule has 1 atom stereocenters. The van der Waals surface area contributed by atoms with Crippen molar-refractivity contribution >= 4 is 33.2 Å². The Hall–Kier alpha value is -2.25. The highest BCUT2D eigenvalue weighted by Gasteiger charge is 2.35. The van der Waals surface area contributed by atoms with Gasteiger partial charge >= 0.3 is 0 Å². The van der Waals surface area contributed by atoms with E-state index < -0.39 is 6.23 Å². The molecule has 0 radical (unpaired) electrons. The molecular formula is C23H25BrFN3O2. The lowest BCUT2D eigenvalue weighted by Gasteiger charge is -2.37. The predicted molar refractivity (Wildman–Crippen MR) is 118 cm³/mol. The number of aromatic nitrogens is 1. The van der Waals surface area contributed by atoms with E-state index in [4.69, 9.17) is 0 Å². The number of pyridine rings is 1. The van der Waals surface area contributed by atoms with Gasteiger partial charge < -0.3 is 15.3 Å². The van der Waals surface area contributed by atoms with E-state index in [1.165, 1.54) is 18.6 Å². The van der Waals surface area contributed by atoms with Gasteiger partial charge in [-0.15, -0.1) is 0 Å². The first-order chi connectivity index (χ1) is 14.4. The number of nitrogens with one attached hydrogen (secondary N) is 1. The van der Waals surface area contributed by atoms with Crippen LogP contribution in [0, 0.1) is 5.82 Å². The zero-order valence-electron chi connectivity index (χ0n) is 16.9. The maximum Gasteiger partial charge on any atom is 0.252 e. The van der Waals surface area contributed by atoms with Crippen molar-refractivity contribution in [2.24, 2.45) is 0 Å². The van der Waals surface area contributed by atoms with Gasteiger partial charge in [0.05, 0.1) is 5.57 Å². The van der Waals surface area contributed by atoms with Crippen molar-refractivity contribution in [2.45, 2.75) is 57.8 Å². The molecule has 1 aliphatic heterocycles. The van der Waals surface area contributed by atoms with E-state index in [2.05, 4.69) is 26.2 Å². The Morgan fingerprint density at radius 1 is 1.27 bits per heavy atom. The van der Waals surface area contributed by atoms with Gasteiger partial charge in [0.2, 0.25) is 0 Å². The minimum atomic E-state index is -1.14. The van der Waals surface area contributed by atoms with E-state index >= 15 is 0 Å². The molecule has 4 rings (SSSR count). The number of anilines is 1. The number of hydrogen-bond acceptors (Lipinski definition) is 4. The second-order valence-corrected chi connectivity index (χ2v) is 8.92. The highest BCUT2D eigenvalue weighted by atomic mass is 79.9. The average Bonchev–Trinajstić information content (AvgIpc) is 2.73. The molecule has 2 aromatic rings. The molecule has 1 aromatic heterocycles. The number of carbonyl (C=O) groups is 1. The summed E-state index contributed by atoms with van der Waals surface area (Å²) in [6.45, 7) is 2.15. The number of allylic oxidation sites excluding steroid dienone is 1. The standard InChI is InChI=1S/C23H25BrFN3O2/c1-14-19-11-16(24)12-26-21(19)28(13-15-7-9-17(25)10-8-15)23(30)20(14)22(29)27-18-5-3-2-4-6-18/h7-12,18,23,30H,2-6,13H2,1H3,(H,27,29). The number of rotatable bonds is 4. The molecule has 1 amide bonds. The maximum atomic E-state index is 13.3. The molecule has 2 aliphatic rings. The molecule has 0 saturated heterocycles. The number of benzene rings is 1. The van der Waals surface area contributed by atoms with Crippen LogP contribution in [0.25, 0.3) is 5.57 Å². The Balaban J connectivity index is 1.69. The molecule has 1 aliphatic carbocycles. The lowest BCUT2D eigenvalue weighted by atomic mass is 9.92. The third-order valence-electron chi connectivity index (χ3n) is 5.92. The van der Waals surface area contributed by atoms with Crippen molar-refractivity contribution < 1.29 is 14.3 Å². The molecule has 1 fully saturated rings. The van der Waals surface area contributed by atoms with Crippen LogP contribution in [0.1, 0.15) is 50.2 Å². The minimum Gasteiger partial charge on any atom is -0.369 e. The molecule has 2 N–H and O–H groups in total. The Morgan fingerprint density at radius 3 is 2.67 bits per heavy atom. The molecular weight excluding hydrogens is 449 g/mol. The molecule has 0 spiro atoms. The second-order valence-electron chi connectivity index (χ2n) is 8.00. The lowest BCUT2D eigenvalue weighted by Crippen LogP contribution is -2.47. The van der Waals surface area contributed by atoms with E-state index in [1.54, 1.807) is 23.2 Å². The second kappa shape index (κ2) is 8.86. The summed E-state index contributed by atoms with van der Waals surface area (Å²) >= 11 is 3.46. The van der Waals surface area contributed by atoms with Crippen LogP contribution in [-0.2, 0) is 11.3 Å². The molecule has 1 saturated carbocycles. The van der Waals surface area contributed by atoms with Crippen LogP contribution in [0.5, 0.6) is 0 Å². The molecule has 158 valence electrons. The van der Waals surface area contributed by atoms with Crippen molar-refractivity contribution in [3.63, 3.8) is 0 Å². The molecule has 1 unspecified atom stereocenters. The summed E-state index contributed by atoms with van der Waals surface area (Å²) in [7, 11) is 0. The number of hydrogen-bond donors (Lipinski definition) is 2. The predicted octanol–water partition coefficient (Wildman–Crippen LogP) is 4.54. The zero-order valence-corrected chi connectivity index (χ0v) is 18.5. The van der Waals surface area contributed by atoms with Crippen LogP contribution < -0.4 is 10.2 Å². The molecule has 5 nitrogen and oxygen atoms in total. The van der Waals surface area contributed by atoms with Crippen LogP contribution in [0.2, 0.25) is 0 Å². The smallest absolute Gasteiger partial charge is 0.252 e. The van der Waals surface area contributed by atoms with Gasteiger partial charge in [0.15, 0.2) is 6.23 Å². The van der Waals surface area contributed by atoms with Crippen molar-refractivity contribution in [1.29, 1.82) is 0 Å². The summed E-state index contributed by atoms with van der Waals surface area (Å²) in [6, 6.07) is 8.18. The van der Waals surface area contributed by atoms with E-state index in [-0.39, 0.29) is 17.8 Å². The molecule has 1 aromatic carbocycles. The largest absolute Gasteiger partial charge is 0.369 e. The average molecular weight is 474 g/mol. The van der Waals surface area contributed by atoms with Crippen LogP contribution in [-0.4, -0.2) is 28.3 Å². The van der Waals surface area contributed by atoms with Gasteiger partial charge in [0, 0.05) is 28.8 Å². The first-order valence-corrected chi connectivity index (χ1v) is 11.1. The zero-order chi connectivity index (χ0) is 21.3. The van der Waals surface area contributed by atoms with Crippen molar-refractivity contribution in [2.75, 3.05) is 4.90 Å². The number of halogens is 2. The first-order valence-electron chi connectivity index (χ1n) is 10.3. The summed E-state index contributed by atoms with van der Waals surface area (Å²) in [4.78, 5) is 19.4. The minimum absolute atomic E-state index is 0.145. The monoisotopic (exact) mass is 473 g/mol. The summed E-state index contributed by atoms with van der Waals surface area (Å²) < 4.78 is 14.1. The quantitative estimate of drug-likeness (QED) is 0.683. The summed E-state index contributed by atoms with van der Waals surface area (Å²) in [6.07, 6.45) is 5.90. The highest BCUT2D eigenvalue weighted by Crippen LogP contribution is 2.38. The molecule has 30 heavy (non-hydrogen) atoms. The molecule has 2 heterocycles. The van der Waals surface area contributed by atoms with Crippen LogP contribution in [0.15, 0.2) is 46.6 Å². The highest BCUT2D eigenvalue weighted by molar-refractivity contribution is 9.10. The summed E-state index contributed by atoms with van der Waals surface area (Å²) in [5, 5.41) is 14.3. The number of aliphatic hydroxyl groups is 1. The number of nitrogens with zero attached hydrogens (tertiary/aromatic N) is 2. The SMILES string of the molecule is CC1=C(C(=O)NC2CCCCC2)C(O)N(Cc2ccc(F)cc2)c2ncc(Br)cc21. The van der Waals surface area contributed by atoms with Gasteiger partial charge in [-0.25, -0.2) is 9.37 Å². The van der Waals surface area contributed by atoms with Crippen LogP contribution in [0.4, 0.5) is 10.2 Å². The van der Waals surface area contributed by atoms with Gasteiger partial charge in [-0.1, -0.05) is 31.4 Å². The number of fused-ring (bicyclic) bond motifs is 1. The van der Waals surface area contributed by atoms with Crippen LogP contribution in [0.3, 0.4) is 0 Å². The Labute approximate surface area is 184 Å². The fraction of sp³-hybridized carbons (Fsp3) is 0.391. The lowest BCUT2D eigenvalue weighted by molar-refractivity contribution is -0.119. The summed E-state index contributed by atoms with van der Waals surface area (Å²) in [5.41, 5.74) is 2.67. The maximum absolute atomic E-state index is 13.3. The third kappa shape index (κ3) is 4.27. The third-order valence-corrected chi connectivity index (χ3v) is 6.35. The topological polar surface area (TPSA) is 65.5 Å². The first kappa shape index (κ1) is 21.0. The van der Waals surface area contributed by atoms with Gasteiger partial charge in [-0.2, -0.15) is 0 Å².